The van der Waals surface area contributed by atoms with Crippen molar-refractivity contribution >= 4 is 17.5 Å². The van der Waals surface area contributed by atoms with Gasteiger partial charge in [-0.2, -0.15) is 15.0 Å². The Bertz CT molecular complexity index is 359. The van der Waals surface area contributed by atoms with E-state index >= 15 is 0 Å². The van der Waals surface area contributed by atoms with E-state index in [4.69, 9.17) is 21.1 Å². The van der Waals surface area contributed by atoms with Gasteiger partial charge in [-0.15, -0.1) is 0 Å². The van der Waals surface area contributed by atoms with Crippen LogP contribution in [-0.2, 0) is 4.74 Å². The Morgan fingerprint density at radius 2 is 1.94 bits per heavy atom. The standard InChI is InChI=1S/C9H15ClN4O2/c1-9(2,5-15-3)14-7-11-6(10)12-8(13-7)16-4/h5H2,1-4H3,(H,11,12,13,14). The molecule has 0 unspecified atom stereocenters. The van der Waals surface area contributed by atoms with Crippen molar-refractivity contribution in [1.29, 1.82) is 0 Å². The van der Waals surface area contributed by atoms with E-state index in [9.17, 15) is 0 Å². The highest BCUT2D eigenvalue weighted by Gasteiger charge is 2.19. The van der Waals surface area contributed by atoms with Gasteiger partial charge in [0.25, 0.3) is 0 Å². The van der Waals surface area contributed by atoms with Crippen molar-refractivity contribution < 1.29 is 9.47 Å². The molecule has 0 spiro atoms. The van der Waals surface area contributed by atoms with Gasteiger partial charge in [0.1, 0.15) is 0 Å². The van der Waals surface area contributed by atoms with Crippen LogP contribution in [0.2, 0.25) is 5.28 Å². The van der Waals surface area contributed by atoms with E-state index in [2.05, 4.69) is 20.3 Å². The summed E-state index contributed by atoms with van der Waals surface area (Å²) in [4.78, 5) is 11.7. The fourth-order valence-corrected chi connectivity index (χ4v) is 1.33. The number of methoxy groups -OCH3 is 2. The van der Waals surface area contributed by atoms with Crippen molar-refractivity contribution in [2.75, 3.05) is 26.1 Å². The quantitative estimate of drug-likeness (QED) is 0.846. The zero-order valence-electron chi connectivity index (χ0n) is 9.74. The minimum atomic E-state index is -0.301. The maximum atomic E-state index is 5.72. The molecule has 0 saturated carbocycles. The number of ether oxygens (including phenoxy) is 2. The van der Waals surface area contributed by atoms with Gasteiger partial charge in [-0.25, -0.2) is 0 Å². The molecule has 0 amide bonds. The van der Waals surface area contributed by atoms with E-state index in [1.54, 1.807) is 7.11 Å². The lowest BCUT2D eigenvalue weighted by molar-refractivity contribution is 0.157. The first-order valence-electron chi connectivity index (χ1n) is 4.69. The van der Waals surface area contributed by atoms with E-state index in [0.717, 1.165) is 0 Å². The van der Waals surface area contributed by atoms with E-state index in [1.165, 1.54) is 7.11 Å². The Morgan fingerprint density at radius 3 is 2.50 bits per heavy atom. The highest BCUT2D eigenvalue weighted by Crippen LogP contribution is 2.15. The van der Waals surface area contributed by atoms with Gasteiger partial charge in [0.15, 0.2) is 0 Å². The minimum Gasteiger partial charge on any atom is -0.467 e. The molecule has 16 heavy (non-hydrogen) atoms. The van der Waals surface area contributed by atoms with Crippen LogP contribution in [-0.4, -0.2) is 41.3 Å². The van der Waals surface area contributed by atoms with Crippen molar-refractivity contribution in [2.45, 2.75) is 19.4 Å². The Hall–Kier alpha value is -1.14. The van der Waals surface area contributed by atoms with Crippen LogP contribution in [0.5, 0.6) is 6.01 Å². The molecule has 0 aliphatic rings. The maximum Gasteiger partial charge on any atom is 0.322 e. The second kappa shape index (κ2) is 5.27. The van der Waals surface area contributed by atoms with Gasteiger partial charge < -0.3 is 14.8 Å². The minimum absolute atomic E-state index is 0.0857. The monoisotopic (exact) mass is 246 g/mol. The van der Waals surface area contributed by atoms with Crippen LogP contribution in [0.3, 0.4) is 0 Å². The summed E-state index contributed by atoms with van der Waals surface area (Å²) in [6, 6.07) is 0.177. The van der Waals surface area contributed by atoms with Crippen LogP contribution in [0.15, 0.2) is 0 Å². The molecule has 6 nitrogen and oxygen atoms in total. The van der Waals surface area contributed by atoms with E-state index in [0.29, 0.717) is 12.6 Å². The predicted octanol–water partition coefficient (Wildman–Crippen LogP) is 1.37. The van der Waals surface area contributed by atoms with Gasteiger partial charge in [-0.1, -0.05) is 0 Å². The number of hydrogen-bond acceptors (Lipinski definition) is 6. The normalized spacial score (nSPS) is 11.3. The first-order chi connectivity index (χ1) is 7.46. The lowest BCUT2D eigenvalue weighted by Gasteiger charge is -2.25. The van der Waals surface area contributed by atoms with Gasteiger partial charge in [0, 0.05) is 7.11 Å². The zero-order valence-corrected chi connectivity index (χ0v) is 10.5. The molecule has 0 atom stereocenters. The second-order valence-corrected chi connectivity index (χ2v) is 4.19. The molecule has 0 saturated heterocycles. The molecule has 7 heteroatoms. The van der Waals surface area contributed by atoms with Crippen molar-refractivity contribution in [1.82, 2.24) is 15.0 Å². The van der Waals surface area contributed by atoms with Gasteiger partial charge >= 0.3 is 6.01 Å². The van der Waals surface area contributed by atoms with Crippen molar-refractivity contribution in [3.63, 3.8) is 0 Å². The summed E-state index contributed by atoms with van der Waals surface area (Å²) < 4.78 is 9.96. The first-order valence-corrected chi connectivity index (χ1v) is 5.07. The fourth-order valence-electron chi connectivity index (χ4n) is 1.18. The Kier molecular flexibility index (Phi) is 4.26. The van der Waals surface area contributed by atoms with Crippen LogP contribution in [0.25, 0.3) is 0 Å². The molecule has 90 valence electrons. The maximum absolute atomic E-state index is 5.72. The summed E-state index contributed by atoms with van der Waals surface area (Å²) >= 11 is 5.72. The fraction of sp³-hybridized carbons (Fsp3) is 0.667. The Morgan fingerprint density at radius 1 is 1.25 bits per heavy atom. The van der Waals surface area contributed by atoms with Crippen LogP contribution < -0.4 is 10.1 Å². The Balaban J connectivity index is 2.84. The average Bonchev–Trinajstić information content (AvgIpc) is 2.15. The molecule has 1 aromatic rings. The number of aromatic nitrogens is 3. The molecule has 0 aliphatic carbocycles. The van der Waals surface area contributed by atoms with E-state index in [-0.39, 0.29) is 16.8 Å². The number of nitrogens with one attached hydrogen (secondary N) is 1. The molecule has 0 fully saturated rings. The zero-order chi connectivity index (χ0) is 12.2. The summed E-state index contributed by atoms with van der Waals surface area (Å²) in [6.45, 7) is 4.43. The van der Waals surface area contributed by atoms with Gasteiger partial charge in [-0.3, -0.25) is 0 Å². The topological polar surface area (TPSA) is 69.2 Å². The van der Waals surface area contributed by atoms with Crippen molar-refractivity contribution in [3.05, 3.63) is 5.28 Å². The Labute approximate surface area is 99.4 Å². The third-order valence-corrected chi connectivity index (χ3v) is 1.89. The second-order valence-electron chi connectivity index (χ2n) is 3.86. The van der Waals surface area contributed by atoms with Gasteiger partial charge in [0.2, 0.25) is 11.2 Å². The SMILES string of the molecule is COCC(C)(C)Nc1nc(Cl)nc(OC)n1. The molecule has 1 N–H and O–H groups in total. The van der Waals surface area contributed by atoms with E-state index in [1.807, 2.05) is 13.8 Å². The summed E-state index contributed by atoms with van der Waals surface area (Å²) in [5, 5.41) is 3.17. The summed E-state index contributed by atoms with van der Waals surface area (Å²) in [7, 11) is 3.10. The largest absolute Gasteiger partial charge is 0.467 e. The number of rotatable bonds is 5. The first kappa shape index (κ1) is 12.9. The van der Waals surface area contributed by atoms with E-state index < -0.39 is 0 Å². The summed E-state index contributed by atoms with van der Waals surface area (Å²) in [5.41, 5.74) is -0.301. The lowest BCUT2D eigenvalue weighted by atomic mass is 10.1. The highest BCUT2D eigenvalue weighted by atomic mass is 35.5. The van der Waals surface area contributed by atoms with Crippen LogP contribution in [0.4, 0.5) is 5.95 Å². The van der Waals surface area contributed by atoms with Gasteiger partial charge in [-0.05, 0) is 25.4 Å². The van der Waals surface area contributed by atoms with Crippen LogP contribution in [0, 0.1) is 0 Å². The molecule has 1 heterocycles. The lowest BCUT2D eigenvalue weighted by Crippen LogP contribution is -2.36. The molecule has 0 radical (unpaired) electrons. The van der Waals surface area contributed by atoms with Crippen molar-refractivity contribution in [2.24, 2.45) is 0 Å². The molecule has 1 aromatic heterocycles. The average molecular weight is 247 g/mol. The van der Waals surface area contributed by atoms with Gasteiger partial charge in [0.05, 0.1) is 19.3 Å². The number of nitrogens with zero attached hydrogens (tertiary/aromatic N) is 3. The third-order valence-electron chi connectivity index (χ3n) is 1.73. The number of hydrogen-bond donors (Lipinski definition) is 1. The number of anilines is 1. The molecule has 1 rings (SSSR count). The molecular weight excluding hydrogens is 232 g/mol. The molecule has 0 aromatic carbocycles. The van der Waals surface area contributed by atoms with Crippen LogP contribution in [0.1, 0.15) is 13.8 Å². The predicted molar refractivity (Wildman–Crippen MR) is 61.0 cm³/mol. The summed E-state index contributed by atoms with van der Waals surface area (Å²) in [5.74, 6) is 0.360. The summed E-state index contributed by atoms with van der Waals surface area (Å²) in [6.07, 6.45) is 0. The van der Waals surface area contributed by atoms with Crippen LogP contribution >= 0.6 is 11.6 Å². The van der Waals surface area contributed by atoms with Crippen molar-refractivity contribution in [3.8, 4) is 6.01 Å². The molecular formula is C9H15ClN4O2. The third kappa shape index (κ3) is 3.79. The molecule has 0 aliphatic heterocycles. The smallest absolute Gasteiger partial charge is 0.322 e. The molecule has 0 bridgehead atoms. The number of halogens is 1. The highest BCUT2D eigenvalue weighted by molar-refractivity contribution is 6.28.